The molecule has 0 aromatic heterocycles. The summed E-state index contributed by atoms with van der Waals surface area (Å²) in [4.78, 5) is 24.5. The Morgan fingerprint density at radius 1 is 1.58 bits per heavy atom. The molecule has 3 unspecified atom stereocenters. The number of hydrogen-bond donors (Lipinski definition) is 2. The third-order valence-electron chi connectivity index (χ3n) is 3.73. The second-order valence-electron chi connectivity index (χ2n) is 5.28. The minimum Gasteiger partial charge on any atom is -0.481 e. The summed E-state index contributed by atoms with van der Waals surface area (Å²) in [6, 6.07) is -0.640. The molecule has 1 amide bonds. The van der Waals surface area contributed by atoms with Gasteiger partial charge in [-0.15, -0.1) is 12.3 Å². The Labute approximate surface area is 114 Å². The number of carboxylic acid groups (broad SMARTS) is 1. The van der Waals surface area contributed by atoms with E-state index in [4.69, 9.17) is 17.3 Å². The topological polar surface area (TPSA) is 83.6 Å². The van der Waals surface area contributed by atoms with Crippen molar-refractivity contribution in [3.8, 4) is 12.3 Å². The lowest BCUT2D eigenvalue weighted by molar-refractivity contribution is -0.138. The van der Waals surface area contributed by atoms with Gasteiger partial charge in [0, 0.05) is 25.9 Å². The molecule has 1 saturated heterocycles. The van der Waals surface area contributed by atoms with Crippen LogP contribution in [0.4, 0.5) is 0 Å². The molecule has 19 heavy (non-hydrogen) atoms. The maximum absolute atomic E-state index is 12.1. The van der Waals surface area contributed by atoms with Crippen LogP contribution in [-0.4, -0.2) is 41.0 Å². The minimum absolute atomic E-state index is 0.0666. The first kappa shape index (κ1) is 15.5. The number of nitrogens with two attached hydrogens (primary N) is 1. The molecule has 1 aliphatic rings. The smallest absolute Gasteiger partial charge is 0.303 e. The Morgan fingerprint density at radius 3 is 2.84 bits per heavy atom. The number of piperidine rings is 1. The van der Waals surface area contributed by atoms with Crippen LogP contribution in [0.3, 0.4) is 0 Å². The lowest BCUT2D eigenvalue weighted by atomic mass is 9.84. The Balaban J connectivity index is 2.57. The molecule has 0 saturated carbocycles. The molecule has 5 nitrogen and oxygen atoms in total. The first-order valence-corrected chi connectivity index (χ1v) is 6.65. The second kappa shape index (κ2) is 7.15. The molecule has 1 rings (SSSR count). The molecule has 1 heterocycles. The average molecular weight is 266 g/mol. The number of carboxylic acids is 1. The van der Waals surface area contributed by atoms with Gasteiger partial charge in [0.25, 0.3) is 0 Å². The van der Waals surface area contributed by atoms with E-state index < -0.39 is 12.0 Å². The molecule has 0 aromatic rings. The third-order valence-corrected chi connectivity index (χ3v) is 3.73. The number of aliphatic carboxylic acids is 1. The summed E-state index contributed by atoms with van der Waals surface area (Å²) in [6.45, 7) is 3.20. The van der Waals surface area contributed by atoms with Crippen molar-refractivity contribution in [2.75, 3.05) is 13.1 Å². The van der Waals surface area contributed by atoms with Crippen LogP contribution in [-0.2, 0) is 9.59 Å². The van der Waals surface area contributed by atoms with Crippen molar-refractivity contribution in [2.24, 2.45) is 17.6 Å². The van der Waals surface area contributed by atoms with Gasteiger partial charge in [0.1, 0.15) is 0 Å². The monoisotopic (exact) mass is 266 g/mol. The van der Waals surface area contributed by atoms with Crippen LogP contribution in [0, 0.1) is 24.2 Å². The van der Waals surface area contributed by atoms with Gasteiger partial charge in [0.2, 0.25) is 5.91 Å². The number of terminal acetylenes is 1. The minimum atomic E-state index is -0.792. The number of nitrogens with zero attached hydrogens (tertiary/aromatic N) is 1. The maximum Gasteiger partial charge on any atom is 0.303 e. The van der Waals surface area contributed by atoms with Crippen LogP contribution in [0.2, 0.25) is 0 Å². The van der Waals surface area contributed by atoms with Crippen LogP contribution >= 0.6 is 0 Å². The van der Waals surface area contributed by atoms with Crippen LogP contribution < -0.4 is 5.73 Å². The zero-order chi connectivity index (χ0) is 14.4. The second-order valence-corrected chi connectivity index (χ2v) is 5.28. The molecular formula is C14H22N2O3. The molecule has 0 bridgehead atoms. The first-order chi connectivity index (χ1) is 8.95. The summed E-state index contributed by atoms with van der Waals surface area (Å²) in [6.07, 6.45) is 7.40. The van der Waals surface area contributed by atoms with Crippen LogP contribution in [0.25, 0.3) is 0 Å². The van der Waals surface area contributed by atoms with E-state index >= 15 is 0 Å². The van der Waals surface area contributed by atoms with E-state index in [0.717, 1.165) is 12.8 Å². The lowest BCUT2D eigenvalue weighted by Gasteiger charge is -2.36. The number of carbonyl (C=O) groups is 2. The number of rotatable bonds is 5. The highest BCUT2D eigenvalue weighted by atomic mass is 16.4. The van der Waals surface area contributed by atoms with Gasteiger partial charge in [0.15, 0.2) is 0 Å². The van der Waals surface area contributed by atoms with E-state index in [0.29, 0.717) is 13.1 Å². The molecule has 5 heteroatoms. The summed E-state index contributed by atoms with van der Waals surface area (Å²) < 4.78 is 0. The lowest BCUT2D eigenvalue weighted by Crippen LogP contribution is -2.48. The fourth-order valence-electron chi connectivity index (χ4n) is 2.57. The summed E-state index contributed by atoms with van der Waals surface area (Å²) in [5.74, 6) is 1.78. The summed E-state index contributed by atoms with van der Waals surface area (Å²) in [5.41, 5.74) is 5.73. The molecule has 1 aliphatic heterocycles. The first-order valence-electron chi connectivity index (χ1n) is 6.65. The highest BCUT2D eigenvalue weighted by molar-refractivity contribution is 5.82. The highest BCUT2D eigenvalue weighted by Crippen LogP contribution is 2.26. The third kappa shape index (κ3) is 4.56. The fourth-order valence-corrected chi connectivity index (χ4v) is 2.57. The van der Waals surface area contributed by atoms with Gasteiger partial charge in [0.05, 0.1) is 6.04 Å². The van der Waals surface area contributed by atoms with Crippen molar-refractivity contribution in [2.45, 2.75) is 38.6 Å². The molecule has 0 aromatic carbocycles. The van der Waals surface area contributed by atoms with Gasteiger partial charge < -0.3 is 15.7 Å². The summed E-state index contributed by atoms with van der Waals surface area (Å²) >= 11 is 0. The van der Waals surface area contributed by atoms with Gasteiger partial charge in [-0.2, -0.15) is 0 Å². The molecule has 106 valence electrons. The van der Waals surface area contributed by atoms with Crippen molar-refractivity contribution in [1.82, 2.24) is 4.90 Å². The van der Waals surface area contributed by atoms with Gasteiger partial charge in [-0.25, -0.2) is 0 Å². The van der Waals surface area contributed by atoms with E-state index in [2.05, 4.69) is 5.92 Å². The molecule has 3 N–H and O–H groups in total. The van der Waals surface area contributed by atoms with Crippen molar-refractivity contribution < 1.29 is 14.7 Å². The highest BCUT2D eigenvalue weighted by Gasteiger charge is 2.30. The zero-order valence-corrected chi connectivity index (χ0v) is 11.3. The molecule has 0 radical (unpaired) electrons. The summed E-state index contributed by atoms with van der Waals surface area (Å²) in [7, 11) is 0. The van der Waals surface area contributed by atoms with Crippen molar-refractivity contribution in [3.05, 3.63) is 0 Å². The molecular weight excluding hydrogens is 244 g/mol. The Bertz CT molecular complexity index is 375. The zero-order valence-electron chi connectivity index (χ0n) is 11.3. The largest absolute Gasteiger partial charge is 0.481 e. The molecule has 1 fully saturated rings. The molecule has 3 atom stereocenters. The van der Waals surface area contributed by atoms with Crippen molar-refractivity contribution >= 4 is 11.9 Å². The van der Waals surface area contributed by atoms with Gasteiger partial charge in [-0.1, -0.05) is 6.92 Å². The van der Waals surface area contributed by atoms with Gasteiger partial charge >= 0.3 is 5.97 Å². The van der Waals surface area contributed by atoms with Crippen LogP contribution in [0.5, 0.6) is 0 Å². The molecule has 0 spiro atoms. The normalized spacial score (nSPS) is 22.4. The van der Waals surface area contributed by atoms with Gasteiger partial charge in [-0.3, -0.25) is 9.59 Å². The SMILES string of the molecule is C#CCC(N)C(=O)N1CCCC(C(C)CC(=O)O)C1. The van der Waals surface area contributed by atoms with E-state index in [1.165, 1.54) is 0 Å². The van der Waals surface area contributed by atoms with Crippen molar-refractivity contribution in [1.29, 1.82) is 0 Å². The number of likely N-dealkylation sites (tertiary alicyclic amines) is 1. The van der Waals surface area contributed by atoms with E-state index in [-0.39, 0.29) is 30.6 Å². The quantitative estimate of drug-likeness (QED) is 0.717. The Kier molecular flexibility index (Phi) is 5.84. The standard InChI is InChI=1S/C14H22N2O3/c1-3-5-12(15)14(19)16-7-4-6-11(9-16)10(2)8-13(17)18/h1,10-12H,4-9,15H2,2H3,(H,17,18). The van der Waals surface area contributed by atoms with Crippen LogP contribution in [0.15, 0.2) is 0 Å². The predicted molar refractivity (Wildman–Crippen MR) is 72.1 cm³/mol. The predicted octanol–water partition coefficient (Wildman–Crippen LogP) is 0.686. The van der Waals surface area contributed by atoms with Crippen LogP contribution in [0.1, 0.15) is 32.6 Å². The Morgan fingerprint density at radius 2 is 2.26 bits per heavy atom. The van der Waals surface area contributed by atoms with E-state index in [1.807, 2.05) is 6.92 Å². The van der Waals surface area contributed by atoms with E-state index in [9.17, 15) is 9.59 Å². The van der Waals surface area contributed by atoms with Crippen molar-refractivity contribution in [3.63, 3.8) is 0 Å². The average Bonchev–Trinajstić information content (AvgIpc) is 2.37. The summed E-state index contributed by atoms with van der Waals surface area (Å²) in [5, 5.41) is 8.83. The van der Waals surface area contributed by atoms with Gasteiger partial charge in [-0.05, 0) is 24.7 Å². The molecule has 0 aliphatic carbocycles. The van der Waals surface area contributed by atoms with E-state index in [1.54, 1.807) is 4.90 Å². The Hall–Kier alpha value is -1.54. The number of carbonyl (C=O) groups excluding carboxylic acids is 1. The number of hydrogen-bond acceptors (Lipinski definition) is 3. The maximum atomic E-state index is 12.1. The number of amides is 1. The fraction of sp³-hybridized carbons (Fsp3) is 0.714.